The fourth-order valence-electron chi connectivity index (χ4n) is 5.08. The molecular weight excluding hydrogens is 457 g/mol. The molecule has 0 radical (unpaired) electrons. The number of amides is 2. The molecule has 3 aliphatic rings. The number of ether oxygens (including phenoxy) is 1. The number of benzene rings is 1. The Balaban J connectivity index is 1.28. The zero-order valence-electron chi connectivity index (χ0n) is 19.6. The molecule has 0 bridgehead atoms. The molecule has 1 aromatic carbocycles. The van der Waals surface area contributed by atoms with E-state index >= 15 is 0 Å². The van der Waals surface area contributed by atoms with Crippen LogP contribution in [0.25, 0.3) is 0 Å². The Morgan fingerprint density at radius 1 is 1.12 bits per heavy atom. The van der Waals surface area contributed by atoms with Crippen LogP contribution in [0.1, 0.15) is 69.8 Å². The SMILES string of the molecule is O=C1CCC(C/C=C/CCS(=O)(=O)CC2(c3ccc(F)c(OCC4CCCC4)c3)CC2)C(=O)N1. The van der Waals surface area contributed by atoms with Crippen LogP contribution in [0.15, 0.2) is 30.4 Å². The lowest BCUT2D eigenvalue weighted by Gasteiger charge is -2.19. The van der Waals surface area contributed by atoms with E-state index in [1.54, 1.807) is 18.2 Å². The van der Waals surface area contributed by atoms with Gasteiger partial charge in [-0.05, 0) is 68.6 Å². The van der Waals surface area contributed by atoms with E-state index in [0.29, 0.717) is 38.2 Å². The average molecular weight is 492 g/mol. The molecular formula is C26H34FNO5S. The highest BCUT2D eigenvalue weighted by Crippen LogP contribution is 2.50. The van der Waals surface area contributed by atoms with Crippen molar-refractivity contribution in [3.05, 3.63) is 41.7 Å². The van der Waals surface area contributed by atoms with Crippen molar-refractivity contribution in [3.8, 4) is 5.75 Å². The van der Waals surface area contributed by atoms with Crippen LogP contribution < -0.4 is 10.1 Å². The van der Waals surface area contributed by atoms with Crippen LogP contribution in [0.3, 0.4) is 0 Å². The Labute approximate surface area is 201 Å². The highest BCUT2D eigenvalue weighted by Gasteiger charge is 2.47. The summed E-state index contributed by atoms with van der Waals surface area (Å²) >= 11 is 0. The third-order valence-corrected chi connectivity index (χ3v) is 9.23. The molecule has 6 nitrogen and oxygen atoms in total. The second kappa shape index (κ2) is 10.6. The van der Waals surface area contributed by atoms with Crippen LogP contribution in [-0.2, 0) is 24.8 Å². The molecule has 4 rings (SSSR count). The molecule has 1 atom stereocenters. The molecule has 2 saturated carbocycles. The molecule has 0 spiro atoms. The molecule has 2 amide bonds. The first-order valence-electron chi connectivity index (χ1n) is 12.4. The van der Waals surface area contributed by atoms with Gasteiger partial charge in [-0.1, -0.05) is 31.1 Å². The molecule has 8 heteroatoms. The molecule has 0 aromatic heterocycles. The monoisotopic (exact) mass is 491 g/mol. The first-order chi connectivity index (χ1) is 16.3. The third kappa shape index (κ3) is 6.46. The number of hydrogen-bond donors (Lipinski definition) is 1. The molecule has 1 saturated heterocycles. The third-order valence-electron chi connectivity index (χ3n) is 7.38. The highest BCUT2D eigenvalue weighted by molar-refractivity contribution is 7.91. The van der Waals surface area contributed by atoms with Crippen molar-refractivity contribution in [3.63, 3.8) is 0 Å². The molecule has 1 aromatic rings. The Bertz CT molecular complexity index is 1040. The second-order valence-corrected chi connectivity index (χ2v) is 12.3. The summed E-state index contributed by atoms with van der Waals surface area (Å²) in [6.45, 7) is 0.511. The summed E-state index contributed by atoms with van der Waals surface area (Å²) in [6.07, 6.45) is 11.6. The van der Waals surface area contributed by atoms with Crippen LogP contribution in [-0.4, -0.2) is 38.3 Å². The number of rotatable bonds is 11. The summed E-state index contributed by atoms with van der Waals surface area (Å²) in [7, 11) is -3.31. The molecule has 2 aliphatic carbocycles. The maximum atomic E-state index is 14.3. The molecule has 34 heavy (non-hydrogen) atoms. The van der Waals surface area contributed by atoms with Gasteiger partial charge in [-0.2, -0.15) is 0 Å². The summed E-state index contributed by atoms with van der Waals surface area (Å²) in [5, 5.41) is 2.33. The summed E-state index contributed by atoms with van der Waals surface area (Å²) in [6, 6.07) is 4.79. The van der Waals surface area contributed by atoms with Crippen molar-refractivity contribution in [2.75, 3.05) is 18.1 Å². The molecule has 1 aliphatic heterocycles. The van der Waals surface area contributed by atoms with Crippen LogP contribution >= 0.6 is 0 Å². The number of nitrogens with one attached hydrogen (secondary N) is 1. The number of hydrogen-bond acceptors (Lipinski definition) is 5. The van der Waals surface area contributed by atoms with E-state index in [1.165, 1.54) is 18.9 Å². The maximum absolute atomic E-state index is 14.3. The van der Waals surface area contributed by atoms with Gasteiger partial charge in [0, 0.05) is 17.8 Å². The fourth-order valence-corrected chi connectivity index (χ4v) is 7.01. The number of carbonyl (C=O) groups excluding carboxylic acids is 2. The lowest BCUT2D eigenvalue weighted by Crippen LogP contribution is -2.40. The number of sulfone groups is 1. The zero-order chi connectivity index (χ0) is 24.2. The number of carbonyl (C=O) groups is 2. The van der Waals surface area contributed by atoms with Gasteiger partial charge < -0.3 is 4.74 Å². The Morgan fingerprint density at radius 2 is 1.88 bits per heavy atom. The van der Waals surface area contributed by atoms with Gasteiger partial charge >= 0.3 is 0 Å². The highest BCUT2D eigenvalue weighted by atomic mass is 32.2. The minimum Gasteiger partial charge on any atom is -0.490 e. The molecule has 1 N–H and O–H groups in total. The van der Waals surface area contributed by atoms with Crippen molar-refractivity contribution in [2.24, 2.45) is 11.8 Å². The summed E-state index contributed by atoms with van der Waals surface area (Å²) in [4.78, 5) is 23.0. The van der Waals surface area contributed by atoms with Crippen molar-refractivity contribution < 1.29 is 27.1 Å². The number of piperidine rings is 1. The van der Waals surface area contributed by atoms with Gasteiger partial charge in [0.1, 0.15) is 0 Å². The van der Waals surface area contributed by atoms with Gasteiger partial charge in [-0.3, -0.25) is 14.9 Å². The molecule has 186 valence electrons. The van der Waals surface area contributed by atoms with E-state index < -0.39 is 21.1 Å². The Hall–Kier alpha value is -2.22. The van der Waals surface area contributed by atoms with Crippen molar-refractivity contribution in [1.82, 2.24) is 5.32 Å². The van der Waals surface area contributed by atoms with E-state index in [1.807, 2.05) is 6.08 Å². The normalized spacial score (nSPS) is 22.8. The lowest BCUT2D eigenvalue weighted by molar-refractivity contribution is -0.136. The second-order valence-electron chi connectivity index (χ2n) is 10.1. The van der Waals surface area contributed by atoms with Crippen molar-refractivity contribution >= 4 is 21.7 Å². The predicted molar refractivity (Wildman–Crippen MR) is 128 cm³/mol. The quantitative estimate of drug-likeness (QED) is 0.370. The standard InChI is InChI=1S/C26H34FNO5S/c27-22-11-10-21(16-23(22)33-17-19-6-3-4-7-19)26(13-14-26)18-34(31,32)15-5-1-2-8-20-9-12-24(29)28-25(20)30/h1-2,10-11,16,19-20H,3-9,12-15,17-18H2,(H,28,29,30)/b2-1+. The van der Waals surface area contributed by atoms with Crippen LogP contribution in [0.5, 0.6) is 5.75 Å². The predicted octanol–water partition coefficient (Wildman–Crippen LogP) is 4.23. The van der Waals surface area contributed by atoms with E-state index in [4.69, 9.17) is 4.74 Å². The number of imide groups is 1. The lowest BCUT2D eigenvalue weighted by atomic mass is 9.95. The van der Waals surface area contributed by atoms with E-state index in [-0.39, 0.29) is 35.0 Å². The minimum absolute atomic E-state index is 0.0346. The topological polar surface area (TPSA) is 89.5 Å². The summed E-state index contributed by atoms with van der Waals surface area (Å²) in [5.74, 6) is -0.341. The summed E-state index contributed by atoms with van der Waals surface area (Å²) < 4.78 is 45.7. The maximum Gasteiger partial charge on any atom is 0.229 e. The number of halogens is 1. The van der Waals surface area contributed by atoms with E-state index in [0.717, 1.165) is 31.2 Å². The largest absolute Gasteiger partial charge is 0.490 e. The molecule has 3 fully saturated rings. The molecule has 1 heterocycles. The van der Waals surface area contributed by atoms with E-state index in [9.17, 15) is 22.4 Å². The van der Waals surface area contributed by atoms with Crippen LogP contribution in [0.2, 0.25) is 0 Å². The van der Waals surface area contributed by atoms with Gasteiger partial charge in [-0.25, -0.2) is 12.8 Å². The Morgan fingerprint density at radius 3 is 2.59 bits per heavy atom. The first-order valence-corrected chi connectivity index (χ1v) is 14.2. The first kappa shape index (κ1) is 24.9. The molecule has 1 unspecified atom stereocenters. The van der Waals surface area contributed by atoms with Gasteiger partial charge in [0.05, 0.1) is 18.1 Å². The van der Waals surface area contributed by atoms with Crippen molar-refractivity contribution in [2.45, 2.75) is 69.6 Å². The van der Waals surface area contributed by atoms with Gasteiger partial charge in [0.15, 0.2) is 21.4 Å². The van der Waals surface area contributed by atoms with Gasteiger partial charge in [-0.15, -0.1) is 0 Å². The zero-order valence-corrected chi connectivity index (χ0v) is 20.4. The minimum atomic E-state index is -3.31. The average Bonchev–Trinajstić information content (AvgIpc) is 3.35. The van der Waals surface area contributed by atoms with Crippen molar-refractivity contribution in [1.29, 1.82) is 0 Å². The van der Waals surface area contributed by atoms with E-state index in [2.05, 4.69) is 5.32 Å². The number of allylic oxidation sites excluding steroid dienone is 2. The van der Waals surface area contributed by atoms with Crippen LogP contribution in [0, 0.1) is 17.7 Å². The smallest absolute Gasteiger partial charge is 0.229 e. The van der Waals surface area contributed by atoms with Gasteiger partial charge in [0.2, 0.25) is 11.8 Å². The fraction of sp³-hybridized carbons (Fsp3) is 0.615. The summed E-state index contributed by atoms with van der Waals surface area (Å²) in [5.41, 5.74) is 0.390. The van der Waals surface area contributed by atoms with Gasteiger partial charge in [0.25, 0.3) is 0 Å². The van der Waals surface area contributed by atoms with Crippen LogP contribution in [0.4, 0.5) is 4.39 Å². The Kier molecular flexibility index (Phi) is 7.75.